The Kier molecular flexibility index (Phi) is 5.46. The van der Waals surface area contributed by atoms with E-state index < -0.39 is 24.1 Å². The van der Waals surface area contributed by atoms with Crippen LogP contribution in [0.15, 0.2) is 48.5 Å². The van der Waals surface area contributed by atoms with Gasteiger partial charge in [0.05, 0.1) is 0 Å². The molecule has 4 nitrogen and oxygen atoms in total. The summed E-state index contributed by atoms with van der Waals surface area (Å²) in [4.78, 5) is 23.0. The Balaban J connectivity index is 2.06. The number of para-hydroxylation sites is 2. The molecule has 0 radical (unpaired) electrons. The molecule has 0 unspecified atom stereocenters. The molecule has 0 saturated heterocycles. The van der Waals surface area contributed by atoms with Crippen molar-refractivity contribution in [2.45, 2.75) is 13.8 Å². The van der Waals surface area contributed by atoms with Crippen molar-refractivity contribution in [3.63, 3.8) is 0 Å². The number of rotatable bonds is 6. The van der Waals surface area contributed by atoms with Crippen molar-refractivity contribution in [1.82, 2.24) is 0 Å². The molecule has 21 heavy (non-hydrogen) atoms. The van der Waals surface area contributed by atoms with Gasteiger partial charge in [-0.25, -0.2) is 0 Å². The van der Waals surface area contributed by atoms with Crippen LogP contribution < -0.4 is 5.63 Å². The predicted octanol–water partition coefficient (Wildman–Crippen LogP) is 3.46. The molecule has 0 amide bonds. The summed E-state index contributed by atoms with van der Waals surface area (Å²) in [6.45, 7) is 3.00. The molecule has 0 N–H and O–H groups in total. The molecule has 2 aromatic carbocycles. The second-order valence-electron chi connectivity index (χ2n) is 4.39. The zero-order valence-electron chi connectivity index (χ0n) is 11.8. The van der Waals surface area contributed by atoms with Crippen LogP contribution in [0.1, 0.15) is 34.6 Å². The van der Waals surface area contributed by atoms with E-state index in [1.807, 2.05) is 12.1 Å². The quantitative estimate of drug-likeness (QED) is 0.740. The van der Waals surface area contributed by atoms with E-state index in [0.29, 0.717) is 22.6 Å². The Morgan fingerprint density at radius 2 is 1.14 bits per heavy atom. The summed E-state index contributed by atoms with van der Waals surface area (Å²) in [5, 5.41) is 0. The number of benzene rings is 2. The number of ketones is 2. The Morgan fingerprint density at radius 3 is 1.52 bits per heavy atom. The van der Waals surface area contributed by atoms with Crippen molar-refractivity contribution in [1.29, 1.82) is 0 Å². The van der Waals surface area contributed by atoms with Gasteiger partial charge in [-0.05, 0) is 0 Å². The first-order valence-corrected chi connectivity index (χ1v) is 8.39. The summed E-state index contributed by atoms with van der Waals surface area (Å²) < 4.78 is 11.3. The summed E-state index contributed by atoms with van der Waals surface area (Å²) in [6.07, 6.45) is 0. The molecule has 0 saturated carbocycles. The average molecular weight is 362 g/mol. The van der Waals surface area contributed by atoms with Crippen LogP contribution in [0.3, 0.4) is 0 Å². The first kappa shape index (κ1) is 15.6. The fourth-order valence-corrected chi connectivity index (χ4v) is 3.22. The van der Waals surface area contributed by atoms with Gasteiger partial charge in [0.15, 0.2) is 0 Å². The molecule has 0 aromatic heterocycles. The molecule has 0 heterocycles. The van der Waals surface area contributed by atoms with Crippen LogP contribution >= 0.6 is 0 Å². The zero-order chi connectivity index (χ0) is 15.2. The molecule has 0 atom stereocenters. The van der Waals surface area contributed by atoms with Gasteiger partial charge in [0.2, 0.25) is 0 Å². The van der Waals surface area contributed by atoms with Crippen molar-refractivity contribution in [3.8, 4) is 11.5 Å². The van der Waals surface area contributed by atoms with Crippen LogP contribution in [0, 0.1) is 0 Å². The van der Waals surface area contributed by atoms with E-state index in [0.717, 1.165) is 0 Å². The molecular weight excluding hydrogens is 347 g/mol. The third-order valence-electron chi connectivity index (χ3n) is 2.84. The minimum atomic E-state index is -1.69. The van der Waals surface area contributed by atoms with Crippen molar-refractivity contribution >= 4 is 11.6 Å². The number of Topliss-reactive ketones (excluding diaryl/α,β-unsaturated/α-hetero) is 2. The van der Waals surface area contributed by atoms with Crippen molar-refractivity contribution in [2.24, 2.45) is 0 Å². The van der Waals surface area contributed by atoms with E-state index in [9.17, 15) is 9.59 Å². The predicted molar refractivity (Wildman–Crippen MR) is 74.1 cm³/mol. The summed E-state index contributed by atoms with van der Waals surface area (Å²) in [7, 11) is 0. The molecule has 5 heteroatoms. The Hall–Kier alpha value is -1.74. The molecule has 0 aliphatic carbocycles. The Labute approximate surface area is 135 Å². The van der Waals surface area contributed by atoms with E-state index >= 15 is 0 Å². The van der Waals surface area contributed by atoms with E-state index in [2.05, 4.69) is 0 Å². The summed E-state index contributed by atoms with van der Waals surface area (Å²) in [6, 6.07) is 14.1. The van der Waals surface area contributed by atoms with Crippen LogP contribution in [-0.4, -0.2) is 11.6 Å². The fraction of sp³-hybridized carbons (Fsp3) is 0.125. The van der Waals surface area contributed by atoms with E-state index in [4.69, 9.17) is 5.63 Å². The van der Waals surface area contributed by atoms with Crippen LogP contribution in [-0.2, 0) is 24.1 Å². The average Bonchev–Trinajstić information content (AvgIpc) is 2.48. The molecule has 0 spiro atoms. The maximum absolute atomic E-state index is 11.5. The number of hydrogen-bond acceptors (Lipinski definition) is 4. The first-order valence-electron chi connectivity index (χ1n) is 6.38. The van der Waals surface area contributed by atoms with Crippen LogP contribution in [0.25, 0.3) is 0 Å². The van der Waals surface area contributed by atoms with E-state index in [-0.39, 0.29) is 11.6 Å². The second-order valence-corrected chi connectivity index (χ2v) is 5.81. The van der Waals surface area contributed by atoms with Crippen molar-refractivity contribution in [2.75, 3.05) is 0 Å². The third kappa shape index (κ3) is 4.11. The SMILES string of the molecule is CC(=O)c1ccccc1[O][Zr][O]c1ccccc1C(C)=O. The van der Waals surface area contributed by atoms with Gasteiger partial charge in [-0.15, -0.1) is 0 Å². The molecule has 0 fully saturated rings. The number of carbonyl (C=O) groups is 2. The van der Waals surface area contributed by atoms with Gasteiger partial charge in [0.25, 0.3) is 0 Å². The standard InChI is InChI=1S/2C8H8O2.Zr/c2*1-6(9)7-4-2-3-5-8(7)10;/h2*2-5,10H,1H3;/q;;+2/p-2. The Morgan fingerprint density at radius 1 is 0.762 bits per heavy atom. The summed E-state index contributed by atoms with van der Waals surface area (Å²) in [5.74, 6) is 0.983. The number of hydrogen-bond donors (Lipinski definition) is 0. The molecule has 0 aliphatic rings. The topological polar surface area (TPSA) is 52.6 Å². The van der Waals surface area contributed by atoms with E-state index in [1.165, 1.54) is 13.8 Å². The monoisotopic (exact) mass is 360 g/mol. The molecule has 0 aliphatic heterocycles. The van der Waals surface area contributed by atoms with Crippen LogP contribution in [0.5, 0.6) is 11.5 Å². The van der Waals surface area contributed by atoms with Gasteiger partial charge in [0.1, 0.15) is 0 Å². The fourth-order valence-electron chi connectivity index (χ4n) is 1.80. The van der Waals surface area contributed by atoms with Gasteiger partial charge in [-0.3, -0.25) is 0 Å². The summed E-state index contributed by atoms with van der Waals surface area (Å²) in [5.41, 5.74) is 1.09. The maximum atomic E-state index is 11.5. The molecule has 2 aromatic rings. The van der Waals surface area contributed by atoms with E-state index in [1.54, 1.807) is 36.4 Å². The van der Waals surface area contributed by atoms with Gasteiger partial charge >= 0.3 is 136 Å². The molecular formula is C16H14O4Zr. The van der Waals surface area contributed by atoms with Crippen LogP contribution in [0.2, 0.25) is 0 Å². The van der Waals surface area contributed by atoms with Gasteiger partial charge in [-0.2, -0.15) is 0 Å². The van der Waals surface area contributed by atoms with Gasteiger partial charge in [0, 0.05) is 0 Å². The zero-order valence-corrected chi connectivity index (χ0v) is 14.2. The molecule has 106 valence electrons. The minimum absolute atomic E-state index is 0.0471. The molecule has 0 bridgehead atoms. The van der Waals surface area contributed by atoms with Crippen molar-refractivity contribution in [3.05, 3.63) is 59.7 Å². The first-order chi connectivity index (χ1) is 10.1. The van der Waals surface area contributed by atoms with Crippen molar-refractivity contribution < 1.29 is 39.3 Å². The number of carbonyl (C=O) groups excluding carboxylic acids is 2. The van der Waals surface area contributed by atoms with Crippen LogP contribution in [0.4, 0.5) is 0 Å². The van der Waals surface area contributed by atoms with Gasteiger partial charge in [-0.1, -0.05) is 0 Å². The normalized spacial score (nSPS) is 9.81. The van der Waals surface area contributed by atoms with Gasteiger partial charge < -0.3 is 0 Å². The summed E-state index contributed by atoms with van der Waals surface area (Å²) >= 11 is -1.69. The molecule has 2 rings (SSSR count). The second kappa shape index (κ2) is 7.32. The Bertz CT molecular complexity index is 609. The third-order valence-corrected chi connectivity index (χ3v) is 4.33.